The van der Waals surface area contributed by atoms with Crippen molar-refractivity contribution in [1.29, 1.82) is 0 Å². The van der Waals surface area contributed by atoms with Crippen LogP contribution in [0.5, 0.6) is 0 Å². The van der Waals surface area contributed by atoms with Crippen LogP contribution in [0.15, 0.2) is 18.2 Å². The van der Waals surface area contributed by atoms with E-state index in [2.05, 4.69) is 5.10 Å². The Bertz CT molecular complexity index is 623. The van der Waals surface area contributed by atoms with Gasteiger partial charge in [0, 0.05) is 18.0 Å². The lowest BCUT2D eigenvalue weighted by Crippen LogP contribution is -2.18. The Balaban J connectivity index is 2.21. The van der Waals surface area contributed by atoms with Gasteiger partial charge in [0.1, 0.15) is 5.69 Å². The summed E-state index contributed by atoms with van der Waals surface area (Å²) in [5, 5.41) is 4.05. The van der Waals surface area contributed by atoms with E-state index in [4.69, 9.17) is 5.73 Å². The summed E-state index contributed by atoms with van der Waals surface area (Å²) < 4.78 is 39.5. The van der Waals surface area contributed by atoms with Crippen molar-refractivity contribution in [2.24, 2.45) is 12.8 Å². The third-order valence-corrected chi connectivity index (χ3v) is 3.47. The van der Waals surface area contributed by atoms with E-state index in [0.29, 0.717) is 5.52 Å². The molecule has 0 atom stereocenters. The van der Waals surface area contributed by atoms with Crippen LogP contribution in [0.4, 0.5) is 13.2 Å². The van der Waals surface area contributed by atoms with E-state index >= 15 is 0 Å². The standard InChI is InChI=1S/C12H12F3N3/c1-18-10(12(13,14)15)8-3-2-7(6-9(8)17-18)11(16)4-5-11/h2-3,6H,4-5,16H2,1H3. The van der Waals surface area contributed by atoms with Gasteiger partial charge in [-0.05, 0) is 24.5 Å². The average molecular weight is 255 g/mol. The fourth-order valence-electron chi connectivity index (χ4n) is 2.27. The molecule has 96 valence electrons. The minimum atomic E-state index is -4.40. The molecule has 6 heteroatoms. The number of hydrogen-bond donors (Lipinski definition) is 1. The van der Waals surface area contributed by atoms with Gasteiger partial charge in [-0.3, -0.25) is 4.68 Å². The number of fused-ring (bicyclic) bond motifs is 1. The molecule has 0 unspecified atom stereocenters. The summed E-state index contributed by atoms with van der Waals surface area (Å²) in [6.07, 6.45) is -2.65. The van der Waals surface area contributed by atoms with E-state index in [1.54, 1.807) is 12.1 Å². The van der Waals surface area contributed by atoms with Crippen molar-refractivity contribution in [2.45, 2.75) is 24.6 Å². The maximum absolute atomic E-state index is 12.9. The summed E-state index contributed by atoms with van der Waals surface area (Å²) in [5.74, 6) is 0. The highest BCUT2D eigenvalue weighted by molar-refractivity contribution is 5.83. The third-order valence-electron chi connectivity index (χ3n) is 3.47. The van der Waals surface area contributed by atoms with E-state index in [1.165, 1.54) is 13.1 Å². The average Bonchev–Trinajstić information content (AvgIpc) is 2.89. The first kappa shape index (κ1) is 11.5. The van der Waals surface area contributed by atoms with Crippen molar-refractivity contribution in [3.8, 4) is 0 Å². The lowest BCUT2D eigenvalue weighted by atomic mass is 10.0. The van der Waals surface area contributed by atoms with Crippen LogP contribution >= 0.6 is 0 Å². The number of benzene rings is 1. The highest BCUT2D eigenvalue weighted by atomic mass is 19.4. The molecule has 1 heterocycles. The molecule has 1 aromatic heterocycles. The number of aromatic nitrogens is 2. The summed E-state index contributed by atoms with van der Waals surface area (Å²) in [6, 6.07) is 4.80. The molecular weight excluding hydrogens is 243 g/mol. The molecule has 1 saturated carbocycles. The lowest BCUT2D eigenvalue weighted by molar-refractivity contribution is -0.142. The highest BCUT2D eigenvalue weighted by Gasteiger charge is 2.41. The molecule has 0 amide bonds. The van der Waals surface area contributed by atoms with Crippen molar-refractivity contribution in [3.63, 3.8) is 0 Å². The molecule has 0 spiro atoms. The van der Waals surface area contributed by atoms with E-state index < -0.39 is 11.9 Å². The minimum Gasteiger partial charge on any atom is -0.321 e. The third kappa shape index (κ3) is 1.59. The monoisotopic (exact) mass is 255 g/mol. The molecule has 3 rings (SSSR count). The van der Waals surface area contributed by atoms with Crippen molar-refractivity contribution in [3.05, 3.63) is 29.5 Å². The number of aryl methyl sites for hydroxylation is 1. The molecule has 3 nitrogen and oxygen atoms in total. The van der Waals surface area contributed by atoms with E-state index in [0.717, 1.165) is 23.1 Å². The lowest BCUT2D eigenvalue weighted by Gasteiger charge is -2.09. The van der Waals surface area contributed by atoms with E-state index in [-0.39, 0.29) is 10.9 Å². The van der Waals surface area contributed by atoms with Gasteiger partial charge in [0.05, 0.1) is 5.52 Å². The van der Waals surface area contributed by atoms with Gasteiger partial charge >= 0.3 is 6.18 Å². The van der Waals surface area contributed by atoms with Crippen LogP contribution in [0, 0.1) is 0 Å². The maximum atomic E-state index is 12.9. The fraction of sp³-hybridized carbons (Fsp3) is 0.417. The highest BCUT2D eigenvalue weighted by Crippen LogP contribution is 2.44. The van der Waals surface area contributed by atoms with Gasteiger partial charge < -0.3 is 5.73 Å². The number of hydrogen-bond acceptors (Lipinski definition) is 2. The van der Waals surface area contributed by atoms with Crippen molar-refractivity contribution >= 4 is 10.9 Å². The first-order valence-corrected chi connectivity index (χ1v) is 5.65. The smallest absolute Gasteiger partial charge is 0.321 e. The SMILES string of the molecule is Cn1nc2cc(C3(N)CC3)ccc2c1C(F)(F)F. The van der Waals surface area contributed by atoms with Crippen LogP contribution in [0.2, 0.25) is 0 Å². The van der Waals surface area contributed by atoms with Gasteiger partial charge in [-0.1, -0.05) is 12.1 Å². The van der Waals surface area contributed by atoms with Crippen molar-refractivity contribution in [1.82, 2.24) is 9.78 Å². The van der Waals surface area contributed by atoms with Crippen molar-refractivity contribution in [2.75, 3.05) is 0 Å². The Morgan fingerprint density at radius 1 is 1.33 bits per heavy atom. The normalized spacial score (nSPS) is 18.3. The van der Waals surface area contributed by atoms with Crippen LogP contribution in [0.1, 0.15) is 24.1 Å². The first-order valence-electron chi connectivity index (χ1n) is 5.65. The van der Waals surface area contributed by atoms with E-state index in [9.17, 15) is 13.2 Å². The van der Waals surface area contributed by atoms with E-state index in [1.807, 2.05) is 0 Å². The molecule has 2 aromatic rings. The largest absolute Gasteiger partial charge is 0.433 e. The van der Waals surface area contributed by atoms with Gasteiger partial charge in [0.25, 0.3) is 0 Å². The summed E-state index contributed by atoms with van der Waals surface area (Å²) in [5.41, 5.74) is 6.17. The fourth-order valence-corrected chi connectivity index (χ4v) is 2.27. The maximum Gasteiger partial charge on any atom is 0.433 e. The number of alkyl halides is 3. The zero-order valence-corrected chi connectivity index (χ0v) is 9.75. The van der Waals surface area contributed by atoms with Crippen LogP contribution in [-0.2, 0) is 18.8 Å². The molecule has 0 radical (unpaired) electrons. The molecule has 0 saturated heterocycles. The Kier molecular flexibility index (Phi) is 2.09. The number of nitrogens with zero attached hydrogens (tertiary/aromatic N) is 2. The topological polar surface area (TPSA) is 43.8 Å². The minimum absolute atomic E-state index is 0.123. The van der Waals surface area contributed by atoms with Gasteiger partial charge in [0.15, 0.2) is 0 Å². The molecule has 1 aliphatic rings. The summed E-state index contributed by atoms with van der Waals surface area (Å²) in [7, 11) is 1.30. The Morgan fingerprint density at radius 3 is 2.56 bits per heavy atom. The molecular formula is C12H12F3N3. The van der Waals surface area contributed by atoms with Gasteiger partial charge in [0.2, 0.25) is 0 Å². The summed E-state index contributed by atoms with van der Waals surface area (Å²) in [4.78, 5) is 0. The molecule has 1 aliphatic carbocycles. The Morgan fingerprint density at radius 2 is 2.00 bits per heavy atom. The van der Waals surface area contributed by atoms with Gasteiger partial charge in [-0.2, -0.15) is 18.3 Å². The predicted octanol–water partition coefficient (Wildman–Crippen LogP) is 2.54. The van der Waals surface area contributed by atoms with Crippen LogP contribution < -0.4 is 5.73 Å². The Labute approximate surface area is 101 Å². The number of halogens is 3. The molecule has 1 aromatic carbocycles. The van der Waals surface area contributed by atoms with Crippen molar-refractivity contribution < 1.29 is 13.2 Å². The summed E-state index contributed by atoms with van der Waals surface area (Å²) >= 11 is 0. The molecule has 18 heavy (non-hydrogen) atoms. The van der Waals surface area contributed by atoms with Crippen LogP contribution in [-0.4, -0.2) is 9.78 Å². The molecule has 0 aliphatic heterocycles. The van der Waals surface area contributed by atoms with Gasteiger partial charge in [-0.15, -0.1) is 0 Å². The number of nitrogens with two attached hydrogens (primary N) is 1. The second kappa shape index (κ2) is 3.26. The second-order valence-electron chi connectivity index (χ2n) is 4.86. The van der Waals surface area contributed by atoms with Crippen LogP contribution in [0.3, 0.4) is 0 Å². The molecule has 0 bridgehead atoms. The Hall–Kier alpha value is -1.56. The second-order valence-corrected chi connectivity index (χ2v) is 4.86. The van der Waals surface area contributed by atoms with Gasteiger partial charge in [-0.25, -0.2) is 0 Å². The summed E-state index contributed by atoms with van der Waals surface area (Å²) in [6.45, 7) is 0. The predicted molar refractivity (Wildman–Crippen MR) is 60.8 cm³/mol. The molecule has 2 N–H and O–H groups in total. The molecule has 1 fully saturated rings. The van der Waals surface area contributed by atoms with Crippen LogP contribution in [0.25, 0.3) is 10.9 Å². The zero-order valence-electron chi connectivity index (χ0n) is 9.75. The zero-order chi connectivity index (χ0) is 13.1. The first-order chi connectivity index (χ1) is 8.31. The number of rotatable bonds is 1. The quantitative estimate of drug-likeness (QED) is 0.851.